The van der Waals surface area contributed by atoms with Gasteiger partial charge in [-0.1, -0.05) is 0 Å². The van der Waals surface area contributed by atoms with Gasteiger partial charge >= 0.3 is 6.18 Å². The molecule has 0 aliphatic rings. The van der Waals surface area contributed by atoms with Gasteiger partial charge in [-0.25, -0.2) is 13.1 Å². The minimum atomic E-state index is -4.64. The molecular weight excluding hydrogens is 353 g/mol. The molecule has 23 heavy (non-hydrogen) atoms. The number of carbonyl (C=O) groups is 1. The van der Waals surface area contributed by atoms with Crippen molar-refractivity contribution in [3.63, 3.8) is 0 Å². The lowest BCUT2D eigenvalue weighted by atomic mass is 10.3. The average Bonchev–Trinajstić information content (AvgIpc) is 2.99. The molecule has 0 atom stereocenters. The fourth-order valence-electron chi connectivity index (χ4n) is 1.57. The van der Waals surface area contributed by atoms with Crippen LogP contribution < -0.4 is 10.0 Å². The predicted molar refractivity (Wildman–Crippen MR) is 80.0 cm³/mol. The van der Waals surface area contributed by atoms with Crippen LogP contribution in [0.4, 0.5) is 18.9 Å². The summed E-state index contributed by atoms with van der Waals surface area (Å²) < 4.78 is 61.1. The molecule has 0 saturated heterocycles. The first-order valence-electron chi connectivity index (χ1n) is 6.17. The van der Waals surface area contributed by atoms with E-state index in [2.05, 4.69) is 5.32 Å². The number of carbonyl (C=O) groups excluding carboxylic acids is 1. The number of alkyl halides is 3. The van der Waals surface area contributed by atoms with E-state index < -0.39 is 22.7 Å². The van der Waals surface area contributed by atoms with E-state index in [4.69, 9.17) is 0 Å². The maximum Gasteiger partial charge on any atom is 0.402 e. The van der Waals surface area contributed by atoms with Gasteiger partial charge in [-0.15, -0.1) is 0 Å². The normalized spacial score (nSPS) is 12.1. The summed E-state index contributed by atoms with van der Waals surface area (Å²) in [5.74, 6) is -0.364. The summed E-state index contributed by atoms with van der Waals surface area (Å²) >= 11 is 1.35. The summed E-state index contributed by atoms with van der Waals surface area (Å²) in [5, 5.41) is 5.93. The average molecular weight is 364 g/mol. The van der Waals surface area contributed by atoms with Crippen LogP contribution in [-0.4, -0.2) is 27.0 Å². The summed E-state index contributed by atoms with van der Waals surface area (Å²) in [6, 6.07) is 6.45. The predicted octanol–water partition coefficient (Wildman–Crippen LogP) is 2.84. The van der Waals surface area contributed by atoms with Gasteiger partial charge in [0.1, 0.15) is 6.54 Å². The van der Waals surface area contributed by atoms with Crippen LogP contribution in [0.2, 0.25) is 0 Å². The molecule has 0 aliphatic carbocycles. The van der Waals surface area contributed by atoms with Crippen molar-refractivity contribution in [3.05, 3.63) is 46.7 Å². The van der Waals surface area contributed by atoms with Gasteiger partial charge < -0.3 is 5.32 Å². The van der Waals surface area contributed by atoms with Gasteiger partial charge in [0.05, 0.1) is 10.5 Å². The number of hydrogen-bond acceptors (Lipinski definition) is 4. The van der Waals surface area contributed by atoms with Gasteiger partial charge in [-0.05, 0) is 35.7 Å². The summed E-state index contributed by atoms with van der Waals surface area (Å²) in [6.07, 6.45) is -4.64. The highest BCUT2D eigenvalue weighted by atomic mass is 32.2. The minimum Gasteiger partial charge on any atom is -0.322 e. The number of nitrogens with one attached hydrogen (secondary N) is 2. The lowest BCUT2D eigenvalue weighted by Crippen LogP contribution is -2.33. The van der Waals surface area contributed by atoms with E-state index in [0.29, 0.717) is 11.3 Å². The van der Waals surface area contributed by atoms with Crippen LogP contribution in [-0.2, 0) is 10.0 Å². The zero-order valence-corrected chi connectivity index (χ0v) is 13.1. The molecule has 0 fully saturated rings. The first-order chi connectivity index (χ1) is 10.7. The fraction of sp³-hybridized carbons (Fsp3) is 0.154. The maximum atomic E-state index is 12.1. The molecule has 1 aromatic carbocycles. The molecule has 1 heterocycles. The van der Waals surface area contributed by atoms with Crippen LogP contribution in [0.25, 0.3) is 0 Å². The molecule has 2 N–H and O–H groups in total. The highest BCUT2D eigenvalue weighted by molar-refractivity contribution is 7.89. The third-order valence-corrected chi connectivity index (χ3v) is 4.77. The van der Waals surface area contributed by atoms with Crippen molar-refractivity contribution < 1.29 is 26.4 Å². The largest absolute Gasteiger partial charge is 0.402 e. The van der Waals surface area contributed by atoms with E-state index in [-0.39, 0.29) is 10.8 Å². The van der Waals surface area contributed by atoms with Crippen LogP contribution in [0.3, 0.4) is 0 Å². The van der Waals surface area contributed by atoms with E-state index in [9.17, 15) is 26.4 Å². The van der Waals surface area contributed by atoms with Gasteiger partial charge in [0.2, 0.25) is 10.0 Å². The van der Waals surface area contributed by atoms with Crippen molar-refractivity contribution in [1.82, 2.24) is 4.72 Å². The third-order valence-electron chi connectivity index (χ3n) is 2.67. The summed E-state index contributed by atoms with van der Waals surface area (Å²) in [7, 11) is -4.26. The maximum absolute atomic E-state index is 12.1. The third kappa shape index (κ3) is 5.05. The van der Waals surface area contributed by atoms with Crippen molar-refractivity contribution in [2.24, 2.45) is 0 Å². The molecule has 0 radical (unpaired) electrons. The second-order valence-electron chi connectivity index (χ2n) is 4.43. The van der Waals surface area contributed by atoms with Gasteiger partial charge in [-0.2, -0.15) is 24.5 Å². The molecule has 0 spiro atoms. The van der Waals surface area contributed by atoms with E-state index in [0.717, 1.165) is 12.1 Å². The molecule has 0 unspecified atom stereocenters. The van der Waals surface area contributed by atoms with Crippen LogP contribution in [0.1, 0.15) is 10.4 Å². The molecule has 124 valence electrons. The number of sulfonamides is 1. The molecule has 5 nitrogen and oxygen atoms in total. The topological polar surface area (TPSA) is 75.3 Å². The van der Waals surface area contributed by atoms with Crippen LogP contribution >= 0.6 is 11.3 Å². The Morgan fingerprint density at radius 1 is 1.13 bits per heavy atom. The molecule has 2 aromatic rings. The standard InChI is InChI=1S/C13H11F3N2O3S2/c14-13(15,16)8-17-23(20,21)11-3-1-10(2-4-11)18-12(19)9-5-6-22-7-9/h1-7,17H,8H2,(H,18,19). The Hall–Kier alpha value is -1.91. The Morgan fingerprint density at radius 3 is 2.30 bits per heavy atom. The van der Waals surface area contributed by atoms with Crippen molar-refractivity contribution in [1.29, 1.82) is 0 Å². The van der Waals surface area contributed by atoms with Crippen molar-refractivity contribution >= 4 is 33.0 Å². The lowest BCUT2D eigenvalue weighted by Gasteiger charge is -2.10. The number of thiophene rings is 1. The van der Waals surface area contributed by atoms with E-state index in [1.54, 1.807) is 16.8 Å². The highest BCUT2D eigenvalue weighted by Crippen LogP contribution is 2.18. The minimum absolute atomic E-state index is 0.324. The van der Waals surface area contributed by atoms with Crippen LogP contribution in [0, 0.1) is 0 Å². The fourth-order valence-corrected chi connectivity index (χ4v) is 3.23. The number of amides is 1. The number of anilines is 1. The summed E-state index contributed by atoms with van der Waals surface area (Å²) in [4.78, 5) is 11.5. The molecule has 1 amide bonds. The van der Waals surface area contributed by atoms with Crippen molar-refractivity contribution in [3.8, 4) is 0 Å². The zero-order chi connectivity index (χ0) is 17.1. The molecule has 0 bridgehead atoms. The monoisotopic (exact) mass is 364 g/mol. The second kappa shape index (κ2) is 6.69. The number of halogens is 3. The van der Waals surface area contributed by atoms with Crippen LogP contribution in [0.15, 0.2) is 46.0 Å². The zero-order valence-electron chi connectivity index (χ0n) is 11.4. The van der Waals surface area contributed by atoms with E-state index >= 15 is 0 Å². The molecule has 1 aromatic heterocycles. The number of benzene rings is 1. The van der Waals surface area contributed by atoms with Crippen LogP contribution in [0.5, 0.6) is 0 Å². The molecule has 2 rings (SSSR count). The lowest BCUT2D eigenvalue weighted by molar-refractivity contribution is -0.121. The Kier molecular flexibility index (Phi) is 5.07. The Balaban J connectivity index is 2.05. The number of rotatable bonds is 5. The van der Waals surface area contributed by atoms with E-state index in [1.807, 2.05) is 0 Å². The molecule has 10 heteroatoms. The van der Waals surface area contributed by atoms with Crippen molar-refractivity contribution in [2.45, 2.75) is 11.1 Å². The van der Waals surface area contributed by atoms with Gasteiger partial charge in [0.25, 0.3) is 5.91 Å². The number of hydrogen-bond donors (Lipinski definition) is 2. The Morgan fingerprint density at radius 2 is 1.78 bits per heavy atom. The molecule has 0 saturated carbocycles. The van der Waals surface area contributed by atoms with E-state index in [1.165, 1.54) is 28.2 Å². The summed E-state index contributed by atoms with van der Waals surface area (Å²) in [6.45, 7) is -1.65. The van der Waals surface area contributed by atoms with Gasteiger partial charge in [0.15, 0.2) is 0 Å². The Labute approximate surface area is 134 Å². The molecular formula is C13H11F3N2O3S2. The first-order valence-corrected chi connectivity index (χ1v) is 8.60. The SMILES string of the molecule is O=C(Nc1ccc(S(=O)(=O)NCC(F)(F)F)cc1)c1ccsc1. The molecule has 0 aliphatic heterocycles. The first kappa shape index (κ1) is 17.4. The smallest absolute Gasteiger partial charge is 0.322 e. The highest BCUT2D eigenvalue weighted by Gasteiger charge is 2.30. The second-order valence-corrected chi connectivity index (χ2v) is 6.98. The van der Waals surface area contributed by atoms with Gasteiger partial charge in [0, 0.05) is 11.1 Å². The van der Waals surface area contributed by atoms with Gasteiger partial charge in [-0.3, -0.25) is 4.79 Å². The summed E-state index contributed by atoms with van der Waals surface area (Å²) in [5.41, 5.74) is 0.787. The Bertz CT molecular complexity index is 770. The van der Waals surface area contributed by atoms with Crippen molar-refractivity contribution in [2.75, 3.05) is 11.9 Å². The quantitative estimate of drug-likeness (QED) is 0.857.